The number of carbonyl (C=O) groups excluding carboxylic acids is 1. The number of aromatic nitrogens is 2. The fourth-order valence-corrected chi connectivity index (χ4v) is 2.72. The summed E-state index contributed by atoms with van der Waals surface area (Å²) in [5, 5.41) is 19.7. The van der Waals surface area contributed by atoms with Crippen molar-refractivity contribution in [2.75, 3.05) is 26.2 Å². The van der Waals surface area contributed by atoms with E-state index in [1.165, 1.54) is 19.3 Å². The number of amides is 2. The molecule has 7 nitrogen and oxygen atoms in total. The SMILES string of the molecule is C[C@@H](Cn1cccn1)NC(=O)NC[C@H](O)CN1CCCCC1. The van der Waals surface area contributed by atoms with Crippen LogP contribution in [0.15, 0.2) is 18.5 Å². The smallest absolute Gasteiger partial charge is 0.315 e. The Kier molecular flexibility index (Phi) is 6.67. The highest BCUT2D eigenvalue weighted by Crippen LogP contribution is 2.08. The second kappa shape index (κ2) is 8.75. The molecule has 1 fully saturated rings. The molecule has 0 saturated carbocycles. The van der Waals surface area contributed by atoms with E-state index in [9.17, 15) is 9.90 Å². The molecule has 0 aromatic carbocycles. The Morgan fingerprint density at radius 1 is 1.32 bits per heavy atom. The van der Waals surface area contributed by atoms with E-state index in [1.807, 2.05) is 19.2 Å². The Morgan fingerprint density at radius 3 is 2.77 bits per heavy atom. The van der Waals surface area contributed by atoms with Crippen molar-refractivity contribution in [2.24, 2.45) is 0 Å². The summed E-state index contributed by atoms with van der Waals surface area (Å²) < 4.78 is 1.77. The van der Waals surface area contributed by atoms with Crippen molar-refractivity contribution in [1.29, 1.82) is 0 Å². The summed E-state index contributed by atoms with van der Waals surface area (Å²) in [6, 6.07) is 1.57. The first-order valence-electron chi connectivity index (χ1n) is 8.05. The Balaban J connectivity index is 1.59. The molecule has 2 amide bonds. The van der Waals surface area contributed by atoms with Crippen LogP contribution in [0.25, 0.3) is 0 Å². The quantitative estimate of drug-likeness (QED) is 0.682. The Hall–Kier alpha value is -1.60. The maximum absolute atomic E-state index is 11.8. The number of likely N-dealkylation sites (tertiary alicyclic amines) is 1. The van der Waals surface area contributed by atoms with E-state index < -0.39 is 6.10 Å². The van der Waals surface area contributed by atoms with Crippen LogP contribution in [0, 0.1) is 0 Å². The number of hydrogen-bond donors (Lipinski definition) is 3. The summed E-state index contributed by atoms with van der Waals surface area (Å²) in [6.07, 6.45) is 6.73. The molecule has 2 heterocycles. The molecule has 1 saturated heterocycles. The maximum Gasteiger partial charge on any atom is 0.315 e. The zero-order valence-electron chi connectivity index (χ0n) is 13.2. The van der Waals surface area contributed by atoms with Gasteiger partial charge in [-0.2, -0.15) is 5.10 Å². The van der Waals surface area contributed by atoms with Gasteiger partial charge in [-0.25, -0.2) is 4.79 Å². The zero-order chi connectivity index (χ0) is 15.8. The second-order valence-electron chi connectivity index (χ2n) is 6.00. The molecule has 0 aliphatic carbocycles. The number of β-amino-alcohol motifs (C(OH)–C–C–N with tert-alkyl or cyclic N) is 1. The van der Waals surface area contributed by atoms with Crippen LogP contribution in [0.2, 0.25) is 0 Å². The standard InChI is InChI=1S/C15H27N5O2/c1-13(11-20-9-5-6-17-20)18-15(22)16-10-14(21)12-19-7-3-2-4-8-19/h5-6,9,13-14,21H,2-4,7-8,10-12H2,1H3,(H2,16,18,22)/t13-,14-/m0/s1. The molecule has 0 unspecified atom stereocenters. The zero-order valence-corrected chi connectivity index (χ0v) is 13.2. The van der Waals surface area contributed by atoms with E-state index in [2.05, 4.69) is 20.6 Å². The minimum Gasteiger partial charge on any atom is -0.390 e. The number of carbonyl (C=O) groups is 1. The average molecular weight is 309 g/mol. The van der Waals surface area contributed by atoms with E-state index >= 15 is 0 Å². The van der Waals surface area contributed by atoms with E-state index in [0.29, 0.717) is 13.1 Å². The van der Waals surface area contributed by atoms with Gasteiger partial charge < -0.3 is 20.6 Å². The Bertz CT molecular complexity index is 431. The summed E-state index contributed by atoms with van der Waals surface area (Å²) in [5.41, 5.74) is 0. The Morgan fingerprint density at radius 2 is 2.09 bits per heavy atom. The van der Waals surface area contributed by atoms with Crippen molar-refractivity contribution in [3.05, 3.63) is 18.5 Å². The van der Waals surface area contributed by atoms with Crippen molar-refractivity contribution in [3.8, 4) is 0 Å². The van der Waals surface area contributed by atoms with Gasteiger partial charge in [0.1, 0.15) is 0 Å². The lowest BCUT2D eigenvalue weighted by molar-refractivity contribution is 0.101. The molecule has 1 aliphatic rings. The minimum atomic E-state index is -0.523. The summed E-state index contributed by atoms with van der Waals surface area (Å²) in [4.78, 5) is 14.1. The number of urea groups is 1. The van der Waals surface area contributed by atoms with E-state index in [-0.39, 0.29) is 18.6 Å². The van der Waals surface area contributed by atoms with Crippen molar-refractivity contribution in [1.82, 2.24) is 25.3 Å². The van der Waals surface area contributed by atoms with Gasteiger partial charge in [-0.05, 0) is 38.9 Å². The lowest BCUT2D eigenvalue weighted by Crippen LogP contribution is -2.47. The van der Waals surface area contributed by atoms with Crippen LogP contribution in [-0.2, 0) is 6.54 Å². The van der Waals surface area contributed by atoms with Crippen LogP contribution < -0.4 is 10.6 Å². The molecule has 1 aromatic heterocycles. The van der Waals surface area contributed by atoms with Crippen molar-refractivity contribution in [2.45, 2.75) is 44.9 Å². The van der Waals surface area contributed by atoms with E-state index in [4.69, 9.17) is 0 Å². The topological polar surface area (TPSA) is 82.4 Å². The largest absolute Gasteiger partial charge is 0.390 e. The Labute approximate surface area is 131 Å². The lowest BCUT2D eigenvalue weighted by atomic mass is 10.1. The van der Waals surface area contributed by atoms with E-state index in [1.54, 1.807) is 10.9 Å². The molecule has 3 N–H and O–H groups in total. The molecule has 0 spiro atoms. The third kappa shape index (κ3) is 6.03. The third-order valence-corrected chi connectivity index (χ3v) is 3.81. The maximum atomic E-state index is 11.8. The minimum absolute atomic E-state index is 0.0286. The van der Waals surface area contributed by atoms with Crippen molar-refractivity contribution < 1.29 is 9.90 Å². The van der Waals surface area contributed by atoms with Gasteiger partial charge in [0.2, 0.25) is 0 Å². The molecular weight excluding hydrogens is 282 g/mol. The van der Waals surface area contributed by atoms with Crippen molar-refractivity contribution >= 4 is 6.03 Å². The van der Waals surface area contributed by atoms with Gasteiger partial charge in [0.15, 0.2) is 0 Å². The number of nitrogens with zero attached hydrogens (tertiary/aromatic N) is 3. The fourth-order valence-electron chi connectivity index (χ4n) is 2.72. The number of piperidine rings is 1. The van der Waals surface area contributed by atoms with Gasteiger partial charge in [-0.15, -0.1) is 0 Å². The predicted molar refractivity (Wildman–Crippen MR) is 84.5 cm³/mol. The molecule has 2 rings (SSSR count). The molecule has 1 aliphatic heterocycles. The second-order valence-corrected chi connectivity index (χ2v) is 6.00. The molecule has 124 valence electrons. The van der Waals surface area contributed by atoms with Crippen molar-refractivity contribution in [3.63, 3.8) is 0 Å². The van der Waals surface area contributed by atoms with Crippen LogP contribution in [0.1, 0.15) is 26.2 Å². The number of rotatable bonds is 7. The molecule has 0 bridgehead atoms. The van der Waals surface area contributed by atoms with Gasteiger partial charge in [0.05, 0.1) is 12.6 Å². The first kappa shape index (κ1) is 16.8. The summed E-state index contributed by atoms with van der Waals surface area (Å²) in [7, 11) is 0. The normalized spacial score (nSPS) is 18.6. The highest BCUT2D eigenvalue weighted by Gasteiger charge is 2.15. The fraction of sp³-hybridized carbons (Fsp3) is 0.733. The van der Waals surface area contributed by atoms with E-state index in [0.717, 1.165) is 13.1 Å². The number of nitrogens with one attached hydrogen (secondary N) is 2. The third-order valence-electron chi connectivity index (χ3n) is 3.81. The number of aliphatic hydroxyl groups is 1. The predicted octanol–water partition coefficient (Wildman–Crippen LogP) is 0.418. The highest BCUT2D eigenvalue weighted by molar-refractivity contribution is 5.74. The highest BCUT2D eigenvalue weighted by atomic mass is 16.3. The monoisotopic (exact) mass is 309 g/mol. The van der Waals surface area contributed by atoms with Gasteiger partial charge in [0, 0.05) is 31.5 Å². The van der Waals surface area contributed by atoms with Crippen LogP contribution in [-0.4, -0.2) is 64.1 Å². The number of hydrogen-bond acceptors (Lipinski definition) is 4. The molecule has 1 aromatic rings. The average Bonchev–Trinajstić information content (AvgIpc) is 2.99. The van der Waals surface area contributed by atoms with Crippen LogP contribution in [0.4, 0.5) is 4.79 Å². The summed E-state index contributed by atoms with van der Waals surface area (Å²) >= 11 is 0. The van der Waals surface area contributed by atoms with Crippen LogP contribution >= 0.6 is 0 Å². The molecule has 7 heteroatoms. The van der Waals surface area contributed by atoms with Gasteiger partial charge in [0.25, 0.3) is 0 Å². The summed E-state index contributed by atoms with van der Waals surface area (Å²) in [6.45, 7) is 5.54. The van der Waals surface area contributed by atoms with Gasteiger partial charge >= 0.3 is 6.03 Å². The lowest BCUT2D eigenvalue weighted by Gasteiger charge is -2.28. The first-order valence-corrected chi connectivity index (χ1v) is 8.05. The molecular formula is C15H27N5O2. The van der Waals surface area contributed by atoms with Crippen LogP contribution in [0.5, 0.6) is 0 Å². The first-order chi connectivity index (χ1) is 10.6. The molecule has 0 radical (unpaired) electrons. The summed E-state index contributed by atoms with van der Waals surface area (Å²) in [5.74, 6) is 0. The van der Waals surface area contributed by atoms with Gasteiger partial charge in [-0.1, -0.05) is 6.42 Å². The molecule has 2 atom stereocenters. The number of aliphatic hydroxyl groups excluding tert-OH is 1. The molecule has 22 heavy (non-hydrogen) atoms. The van der Waals surface area contributed by atoms with Crippen LogP contribution in [0.3, 0.4) is 0 Å². The van der Waals surface area contributed by atoms with Gasteiger partial charge in [-0.3, -0.25) is 4.68 Å².